The quantitative estimate of drug-likeness (QED) is 0.660. The SMILES string of the molecule is CCOc1cc(C(=O)Nc2ccc(SC)nc2)cc(OCC)c1OCC. The Kier molecular flexibility index (Phi) is 7.59. The van der Waals surface area contributed by atoms with E-state index < -0.39 is 0 Å². The Morgan fingerprint density at radius 3 is 2.12 bits per heavy atom. The number of carbonyl (C=O) groups is 1. The lowest BCUT2D eigenvalue weighted by Crippen LogP contribution is -2.13. The van der Waals surface area contributed by atoms with E-state index in [0.29, 0.717) is 48.3 Å². The average molecular weight is 376 g/mol. The third-order valence-corrected chi connectivity index (χ3v) is 4.03. The van der Waals surface area contributed by atoms with Crippen molar-refractivity contribution < 1.29 is 19.0 Å². The molecule has 0 saturated carbocycles. The summed E-state index contributed by atoms with van der Waals surface area (Å²) in [5.74, 6) is 1.22. The minimum absolute atomic E-state index is 0.270. The third-order valence-electron chi connectivity index (χ3n) is 3.37. The smallest absolute Gasteiger partial charge is 0.255 e. The highest BCUT2D eigenvalue weighted by Crippen LogP contribution is 2.39. The van der Waals surface area contributed by atoms with Crippen LogP contribution in [0.4, 0.5) is 5.69 Å². The van der Waals surface area contributed by atoms with E-state index in [-0.39, 0.29) is 5.91 Å². The van der Waals surface area contributed by atoms with Gasteiger partial charge in [-0.3, -0.25) is 4.79 Å². The molecule has 0 atom stereocenters. The number of hydrogen-bond acceptors (Lipinski definition) is 6. The summed E-state index contributed by atoms with van der Waals surface area (Å²) in [6.07, 6.45) is 3.58. The number of nitrogens with one attached hydrogen (secondary N) is 1. The first-order valence-electron chi connectivity index (χ1n) is 8.50. The highest BCUT2D eigenvalue weighted by atomic mass is 32.2. The highest BCUT2D eigenvalue weighted by molar-refractivity contribution is 7.98. The summed E-state index contributed by atoms with van der Waals surface area (Å²) in [5, 5.41) is 3.73. The van der Waals surface area contributed by atoms with Crippen LogP contribution in [0.3, 0.4) is 0 Å². The molecule has 2 aromatic rings. The van der Waals surface area contributed by atoms with Gasteiger partial charge >= 0.3 is 0 Å². The van der Waals surface area contributed by atoms with Gasteiger partial charge in [0, 0.05) is 5.56 Å². The third kappa shape index (κ3) is 5.05. The van der Waals surface area contributed by atoms with Crippen LogP contribution in [0.5, 0.6) is 17.2 Å². The molecule has 0 saturated heterocycles. The van der Waals surface area contributed by atoms with E-state index in [1.165, 1.54) is 0 Å². The van der Waals surface area contributed by atoms with Crippen molar-refractivity contribution in [3.05, 3.63) is 36.0 Å². The van der Waals surface area contributed by atoms with Crippen LogP contribution in [0.1, 0.15) is 31.1 Å². The number of pyridine rings is 1. The largest absolute Gasteiger partial charge is 0.490 e. The maximum atomic E-state index is 12.7. The fourth-order valence-electron chi connectivity index (χ4n) is 2.30. The van der Waals surface area contributed by atoms with Gasteiger partial charge in [0.25, 0.3) is 5.91 Å². The first-order valence-corrected chi connectivity index (χ1v) is 9.73. The van der Waals surface area contributed by atoms with Gasteiger partial charge in [-0.1, -0.05) is 0 Å². The molecular weight excluding hydrogens is 352 g/mol. The van der Waals surface area contributed by atoms with Crippen molar-refractivity contribution >= 4 is 23.4 Å². The van der Waals surface area contributed by atoms with Crippen LogP contribution in [-0.4, -0.2) is 37.0 Å². The maximum absolute atomic E-state index is 12.7. The summed E-state index contributed by atoms with van der Waals surface area (Å²) in [5.41, 5.74) is 1.05. The van der Waals surface area contributed by atoms with Crippen LogP contribution in [0, 0.1) is 0 Å². The van der Waals surface area contributed by atoms with Gasteiger partial charge in [-0.2, -0.15) is 0 Å². The zero-order valence-corrected chi connectivity index (χ0v) is 16.3. The fraction of sp³-hybridized carbons (Fsp3) is 0.368. The average Bonchev–Trinajstić information content (AvgIpc) is 2.65. The molecule has 7 heteroatoms. The van der Waals surface area contributed by atoms with Crippen molar-refractivity contribution in [3.8, 4) is 17.2 Å². The van der Waals surface area contributed by atoms with Gasteiger partial charge < -0.3 is 19.5 Å². The molecule has 6 nitrogen and oxygen atoms in total. The van der Waals surface area contributed by atoms with Gasteiger partial charge in [0.05, 0.1) is 36.7 Å². The van der Waals surface area contributed by atoms with Crippen molar-refractivity contribution in [1.29, 1.82) is 0 Å². The monoisotopic (exact) mass is 376 g/mol. The van der Waals surface area contributed by atoms with E-state index in [0.717, 1.165) is 5.03 Å². The number of thioether (sulfide) groups is 1. The van der Waals surface area contributed by atoms with Crippen LogP contribution >= 0.6 is 11.8 Å². The van der Waals surface area contributed by atoms with Crippen molar-refractivity contribution in [2.75, 3.05) is 31.4 Å². The minimum atomic E-state index is -0.270. The molecular formula is C19H24N2O4S. The number of nitrogens with zero attached hydrogens (tertiary/aromatic N) is 1. The molecule has 0 spiro atoms. The standard InChI is InChI=1S/C19H24N2O4S/c1-5-23-15-10-13(11-16(24-6-2)18(15)25-7-3)19(22)21-14-8-9-17(26-4)20-12-14/h8-12H,5-7H2,1-4H3,(H,21,22). The molecule has 1 N–H and O–H groups in total. The number of aromatic nitrogens is 1. The number of carbonyl (C=O) groups excluding carboxylic acids is 1. The summed E-state index contributed by atoms with van der Waals surface area (Å²) < 4.78 is 17.0. The first kappa shape index (κ1) is 19.9. The van der Waals surface area contributed by atoms with E-state index >= 15 is 0 Å². The molecule has 0 aliphatic carbocycles. The molecule has 26 heavy (non-hydrogen) atoms. The Bertz CT molecular complexity index is 708. The van der Waals surface area contributed by atoms with Gasteiger partial charge in [0.2, 0.25) is 5.75 Å². The molecule has 0 bridgehead atoms. The highest BCUT2D eigenvalue weighted by Gasteiger charge is 2.18. The second-order valence-corrected chi connectivity index (χ2v) is 5.97. The molecule has 2 rings (SSSR count). The number of ether oxygens (including phenoxy) is 3. The Morgan fingerprint density at radius 2 is 1.65 bits per heavy atom. The summed E-state index contributed by atoms with van der Waals surface area (Å²) in [7, 11) is 0. The molecule has 1 aromatic heterocycles. The number of rotatable bonds is 9. The lowest BCUT2D eigenvalue weighted by atomic mass is 10.1. The Morgan fingerprint density at radius 1 is 1.04 bits per heavy atom. The number of amides is 1. The second-order valence-electron chi connectivity index (χ2n) is 5.14. The molecule has 0 aliphatic heterocycles. The van der Waals surface area contributed by atoms with Gasteiger partial charge in [0.15, 0.2) is 11.5 Å². The van der Waals surface area contributed by atoms with Crippen molar-refractivity contribution in [1.82, 2.24) is 4.98 Å². The summed E-state index contributed by atoms with van der Waals surface area (Å²) in [4.78, 5) is 16.9. The van der Waals surface area contributed by atoms with E-state index in [9.17, 15) is 4.79 Å². The van der Waals surface area contributed by atoms with Crippen molar-refractivity contribution in [2.24, 2.45) is 0 Å². The maximum Gasteiger partial charge on any atom is 0.255 e. The van der Waals surface area contributed by atoms with Crippen LogP contribution in [0.2, 0.25) is 0 Å². The van der Waals surface area contributed by atoms with Gasteiger partial charge in [-0.05, 0) is 51.3 Å². The molecule has 0 radical (unpaired) electrons. The zero-order valence-electron chi connectivity index (χ0n) is 15.5. The molecule has 1 amide bonds. The Balaban J connectivity index is 2.32. The predicted octanol–water partition coefficient (Wildman–Crippen LogP) is 4.25. The van der Waals surface area contributed by atoms with E-state index in [1.54, 1.807) is 30.1 Å². The van der Waals surface area contributed by atoms with Gasteiger partial charge in [-0.15, -0.1) is 11.8 Å². The Labute approximate surface area is 158 Å². The topological polar surface area (TPSA) is 69.7 Å². The van der Waals surface area contributed by atoms with Gasteiger partial charge in [-0.25, -0.2) is 4.98 Å². The van der Waals surface area contributed by atoms with Gasteiger partial charge in [0.1, 0.15) is 0 Å². The Hall–Kier alpha value is -2.41. The number of anilines is 1. The van der Waals surface area contributed by atoms with Crippen molar-refractivity contribution in [3.63, 3.8) is 0 Å². The van der Waals surface area contributed by atoms with Crippen LogP contribution < -0.4 is 19.5 Å². The number of hydrogen-bond donors (Lipinski definition) is 1. The molecule has 0 fully saturated rings. The predicted molar refractivity (Wildman–Crippen MR) is 104 cm³/mol. The lowest BCUT2D eigenvalue weighted by molar-refractivity contribution is 0.102. The normalized spacial score (nSPS) is 10.3. The molecule has 1 heterocycles. The molecule has 140 valence electrons. The van der Waals surface area contributed by atoms with E-state index in [4.69, 9.17) is 14.2 Å². The molecule has 1 aromatic carbocycles. The second kappa shape index (κ2) is 9.91. The van der Waals surface area contributed by atoms with E-state index in [2.05, 4.69) is 10.3 Å². The fourth-order valence-corrected chi connectivity index (χ4v) is 2.66. The summed E-state index contributed by atoms with van der Waals surface area (Å²) >= 11 is 1.54. The van der Waals surface area contributed by atoms with E-state index in [1.807, 2.05) is 39.2 Å². The van der Waals surface area contributed by atoms with Crippen molar-refractivity contribution in [2.45, 2.75) is 25.8 Å². The molecule has 0 aliphatic rings. The van der Waals surface area contributed by atoms with Crippen LogP contribution in [0.25, 0.3) is 0 Å². The molecule has 0 unspecified atom stereocenters. The summed E-state index contributed by atoms with van der Waals surface area (Å²) in [6.45, 7) is 7.02. The summed E-state index contributed by atoms with van der Waals surface area (Å²) in [6, 6.07) is 7.00. The van der Waals surface area contributed by atoms with Crippen LogP contribution in [0.15, 0.2) is 35.5 Å². The number of benzene rings is 1. The minimum Gasteiger partial charge on any atom is -0.490 e. The zero-order chi connectivity index (χ0) is 18.9. The first-order chi connectivity index (χ1) is 12.6. The van der Waals surface area contributed by atoms with Crippen LogP contribution in [-0.2, 0) is 0 Å². The lowest BCUT2D eigenvalue weighted by Gasteiger charge is -2.17.